The van der Waals surface area contributed by atoms with E-state index < -0.39 is 23.4 Å². The van der Waals surface area contributed by atoms with Gasteiger partial charge in [-0.2, -0.15) is 0 Å². The number of amides is 3. The van der Waals surface area contributed by atoms with Crippen molar-refractivity contribution in [1.82, 2.24) is 15.5 Å². The summed E-state index contributed by atoms with van der Waals surface area (Å²) in [4.78, 5) is 38.7. The number of alkyl carbamates (subject to hydrolysis) is 2. The minimum atomic E-state index is -0.609. The van der Waals surface area contributed by atoms with Gasteiger partial charge in [0.1, 0.15) is 11.2 Å². The van der Waals surface area contributed by atoms with Crippen molar-refractivity contribution >= 4 is 28.9 Å². The van der Waals surface area contributed by atoms with Crippen molar-refractivity contribution in [3.63, 3.8) is 0 Å². The summed E-state index contributed by atoms with van der Waals surface area (Å²) in [7, 11) is 0. The molecule has 3 amide bonds. The molecule has 2 N–H and O–H groups in total. The summed E-state index contributed by atoms with van der Waals surface area (Å²) < 4.78 is 10.5. The number of hydrogen-bond donors (Lipinski definition) is 2. The standard InChI is InChI=1S/C25H35N3O5/c1-24(2,3)32-22(30)26-13-15-28(16-14-27-23(31)33-25(4,5)6)21(29)20-12-11-18-9-7-8-10-19(18)17-20/h7-12,17H,13-16H2,1-6H3,(H,26,30)(H,27,31). The van der Waals surface area contributed by atoms with Gasteiger partial charge in [0, 0.05) is 31.7 Å². The van der Waals surface area contributed by atoms with Gasteiger partial charge in [-0.25, -0.2) is 9.59 Å². The molecule has 0 spiro atoms. The molecule has 2 aromatic carbocycles. The Morgan fingerprint density at radius 3 is 1.73 bits per heavy atom. The fourth-order valence-electron chi connectivity index (χ4n) is 3.03. The minimum Gasteiger partial charge on any atom is -0.444 e. The van der Waals surface area contributed by atoms with Crippen LogP contribution in [0.15, 0.2) is 42.5 Å². The molecule has 0 saturated heterocycles. The largest absolute Gasteiger partial charge is 0.444 e. The molecule has 0 bridgehead atoms. The van der Waals surface area contributed by atoms with Crippen LogP contribution in [0.1, 0.15) is 51.9 Å². The quantitative estimate of drug-likeness (QED) is 0.645. The molecule has 0 heterocycles. The first-order chi connectivity index (χ1) is 15.3. The van der Waals surface area contributed by atoms with Crippen molar-refractivity contribution in [3.8, 4) is 0 Å². The molecule has 0 aromatic heterocycles. The third-order valence-electron chi connectivity index (χ3n) is 4.38. The van der Waals surface area contributed by atoms with Crippen molar-refractivity contribution in [2.24, 2.45) is 0 Å². The summed E-state index contributed by atoms with van der Waals surface area (Å²) in [5.41, 5.74) is -0.687. The Kier molecular flexibility index (Phi) is 8.68. The van der Waals surface area contributed by atoms with E-state index in [9.17, 15) is 14.4 Å². The molecule has 8 nitrogen and oxygen atoms in total. The van der Waals surface area contributed by atoms with Gasteiger partial charge in [-0.3, -0.25) is 4.79 Å². The van der Waals surface area contributed by atoms with E-state index in [0.29, 0.717) is 5.56 Å². The van der Waals surface area contributed by atoms with E-state index in [1.54, 1.807) is 52.5 Å². The van der Waals surface area contributed by atoms with Crippen LogP contribution in [-0.2, 0) is 9.47 Å². The van der Waals surface area contributed by atoms with E-state index >= 15 is 0 Å². The molecular weight excluding hydrogens is 422 g/mol. The topological polar surface area (TPSA) is 97.0 Å². The Hall–Kier alpha value is -3.29. The highest BCUT2D eigenvalue weighted by Crippen LogP contribution is 2.17. The van der Waals surface area contributed by atoms with Crippen LogP contribution in [0.3, 0.4) is 0 Å². The van der Waals surface area contributed by atoms with Crippen molar-refractivity contribution < 1.29 is 23.9 Å². The lowest BCUT2D eigenvalue weighted by atomic mass is 10.1. The third kappa shape index (κ3) is 9.39. The molecule has 0 aliphatic rings. The molecule has 0 radical (unpaired) electrons. The van der Waals surface area contributed by atoms with Crippen LogP contribution in [-0.4, -0.2) is 60.4 Å². The smallest absolute Gasteiger partial charge is 0.407 e. The Bertz CT molecular complexity index is 942. The molecular formula is C25H35N3O5. The first kappa shape index (κ1) is 26.0. The van der Waals surface area contributed by atoms with Gasteiger partial charge < -0.3 is 25.0 Å². The predicted octanol–water partition coefficient (Wildman–Crippen LogP) is 4.33. The van der Waals surface area contributed by atoms with E-state index in [-0.39, 0.29) is 32.1 Å². The second kappa shape index (κ2) is 11.0. The summed E-state index contributed by atoms with van der Waals surface area (Å²) in [5, 5.41) is 7.34. The average Bonchev–Trinajstić information content (AvgIpc) is 2.69. The Balaban J connectivity index is 2.05. The molecule has 0 aliphatic carbocycles. The molecule has 0 atom stereocenters. The van der Waals surface area contributed by atoms with Crippen LogP contribution in [0.5, 0.6) is 0 Å². The SMILES string of the molecule is CC(C)(C)OC(=O)NCCN(CCNC(=O)OC(C)(C)C)C(=O)c1ccc2ccccc2c1. The molecule has 2 rings (SSSR count). The highest BCUT2D eigenvalue weighted by molar-refractivity contribution is 5.98. The van der Waals surface area contributed by atoms with E-state index in [4.69, 9.17) is 9.47 Å². The van der Waals surface area contributed by atoms with E-state index in [0.717, 1.165) is 10.8 Å². The van der Waals surface area contributed by atoms with Crippen LogP contribution in [0.4, 0.5) is 9.59 Å². The summed E-state index contributed by atoms with van der Waals surface area (Å²) in [6.45, 7) is 11.6. The first-order valence-corrected chi connectivity index (χ1v) is 11.1. The van der Waals surface area contributed by atoms with Gasteiger partial charge in [0.15, 0.2) is 0 Å². The number of ether oxygens (including phenoxy) is 2. The van der Waals surface area contributed by atoms with Crippen LogP contribution >= 0.6 is 0 Å². The lowest BCUT2D eigenvalue weighted by Crippen LogP contribution is -2.44. The first-order valence-electron chi connectivity index (χ1n) is 11.1. The zero-order valence-corrected chi connectivity index (χ0v) is 20.4. The van der Waals surface area contributed by atoms with Crippen LogP contribution in [0.2, 0.25) is 0 Å². The number of fused-ring (bicyclic) bond motifs is 1. The summed E-state index contributed by atoms with van der Waals surface area (Å²) in [5.74, 6) is -0.197. The highest BCUT2D eigenvalue weighted by atomic mass is 16.6. The van der Waals surface area contributed by atoms with Gasteiger partial charge in [0.25, 0.3) is 5.91 Å². The van der Waals surface area contributed by atoms with Crippen molar-refractivity contribution in [1.29, 1.82) is 0 Å². The van der Waals surface area contributed by atoms with Gasteiger partial charge >= 0.3 is 12.2 Å². The highest BCUT2D eigenvalue weighted by Gasteiger charge is 2.20. The van der Waals surface area contributed by atoms with Crippen molar-refractivity contribution in [2.75, 3.05) is 26.2 Å². The Morgan fingerprint density at radius 2 is 1.24 bits per heavy atom. The molecule has 0 unspecified atom stereocenters. The van der Waals surface area contributed by atoms with Crippen LogP contribution in [0.25, 0.3) is 10.8 Å². The number of benzene rings is 2. The van der Waals surface area contributed by atoms with Crippen LogP contribution in [0, 0.1) is 0 Å². The normalized spacial score (nSPS) is 11.6. The van der Waals surface area contributed by atoms with Crippen LogP contribution < -0.4 is 10.6 Å². The van der Waals surface area contributed by atoms with E-state index in [2.05, 4.69) is 10.6 Å². The molecule has 2 aromatic rings. The predicted molar refractivity (Wildman–Crippen MR) is 128 cm³/mol. The number of nitrogens with zero attached hydrogens (tertiary/aromatic N) is 1. The van der Waals surface area contributed by atoms with Gasteiger partial charge in [0.05, 0.1) is 0 Å². The third-order valence-corrected chi connectivity index (χ3v) is 4.38. The number of rotatable bonds is 7. The second-order valence-corrected chi connectivity index (χ2v) is 9.71. The maximum absolute atomic E-state index is 13.2. The number of hydrogen-bond acceptors (Lipinski definition) is 5. The van der Waals surface area contributed by atoms with Gasteiger partial charge in [-0.1, -0.05) is 30.3 Å². The summed E-state index contributed by atoms with van der Waals surface area (Å²) in [6.07, 6.45) is -1.10. The zero-order chi connectivity index (χ0) is 24.6. The van der Waals surface area contributed by atoms with Crippen molar-refractivity contribution in [2.45, 2.75) is 52.7 Å². The van der Waals surface area contributed by atoms with E-state index in [1.807, 2.05) is 36.4 Å². The van der Waals surface area contributed by atoms with E-state index in [1.165, 1.54) is 0 Å². The summed E-state index contributed by atoms with van der Waals surface area (Å²) in [6, 6.07) is 13.3. The fourth-order valence-corrected chi connectivity index (χ4v) is 3.03. The zero-order valence-electron chi connectivity index (χ0n) is 20.4. The molecule has 180 valence electrons. The van der Waals surface area contributed by atoms with Gasteiger partial charge in [-0.05, 0) is 64.4 Å². The number of carbonyl (C=O) groups excluding carboxylic acids is 3. The van der Waals surface area contributed by atoms with Crippen molar-refractivity contribution in [3.05, 3.63) is 48.0 Å². The fraction of sp³-hybridized carbons (Fsp3) is 0.480. The number of nitrogens with one attached hydrogen (secondary N) is 2. The average molecular weight is 458 g/mol. The minimum absolute atomic E-state index is 0.197. The molecule has 0 fully saturated rings. The monoisotopic (exact) mass is 457 g/mol. The Labute approximate surface area is 195 Å². The lowest BCUT2D eigenvalue weighted by Gasteiger charge is -2.25. The maximum Gasteiger partial charge on any atom is 0.407 e. The molecule has 33 heavy (non-hydrogen) atoms. The maximum atomic E-state index is 13.2. The molecule has 0 aliphatic heterocycles. The van der Waals surface area contributed by atoms with Gasteiger partial charge in [0.2, 0.25) is 0 Å². The summed E-state index contributed by atoms with van der Waals surface area (Å²) >= 11 is 0. The lowest BCUT2D eigenvalue weighted by molar-refractivity contribution is 0.0508. The molecule has 0 saturated carbocycles. The molecule has 8 heteroatoms. The second-order valence-electron chi connectivity index (χ2n) is 9.71. The Morgan fingerprint density at radius 1 is 0.758 bits per heavy atom. The number of carbonyl (C=O) groups is 3. The van der Waals surface area contributed by atoms with Gasteiger partial charge in [-0.15, -0.1) is 0 Å².